The first-order valence-corrected chi connectivity index (χ1v) is 10.2. The largest absolute Gasteiger partial charge is 0.370 e. The highest BCUT2D eigenvalue weighted by molar-refractivity contribution is 14.0. The molecule has 7 heteroatoms. The summed E-state index contributed by atoms with van der Waals surface area (Å²) in [5, 5.41) is 3.01. The Hall–Kier alpha value is -1.61. The Balaban J connectivity index is 0.00000338. The van der Waals surface area contributed by atoms with Crippen LogP contribution in [0.25, 0.3) is 0 Å². The minimum atomic E-state index is -3.13. The third-order valence-corrected chi connectivity index (χ3v) is 5.44. The number of hydrogen-bond donors (Lipinski definition) is 2. The summed E-state index contributed by atoms with van der Waals surface area (Å²) in [5.41, 5.74) is 8.77. The zero-order chi connectivity index (χ0) is 18.1. The van der Waals surface area contributed by atoms with Crippen molar-refractivity contribution in [2.45, 2.75) is 25.5 Å². The molecule has 0 fully saturated rings. The van der Waals surface area contributed by atoms with Crippen molar-refractivity contribution in [3.05, 3.63) is 65.7 Å². The molecule has 0 radical (unpaired) electrons. The van der Waals surface area contributed by atoms with Gasteiger partial charge in [0, 0.05) is 12.2 Å². The van der Waals surface area contributed by atoms with Crippen LogP contribution < -0.4 is 11.1 Å². The molecule has 0 unspecified atom stereocenters. The molecule has 142 valence electrons. The predicted octanol–water partition coefficient (Wildman–Crippen LogP) is 3.60. The van der Waals surface area contributed by atoms with E-state index < -0.39 is 9.84 Å². The van der Waals surface area contributed by atoms with Gasteiger partial charge in [0.05, 0.1) is 11.5 Å². The van der Waals surface area contributed by atoms with Crippen molar-refractivity contribution in [1.82, 2.24) is 0 Å². The monoisotopic (exact) mass is 487 g/mol. The lowest BCUT2D eigenvalue weighted by molar-refractivity contribution is 0.593. The van der Waals surface area contributed by atoms with E-state index in [1.54, 1.807) is 0 Å². The average Bonchev–Trinajstić information content (AvgIpc) is 2.60. The molecule has 0 aliphatic heterocycles. The summed E-state index contributed by atoms with van der Waals surface area (Å²) in [6.45, 7) is 2.48. The summed E-state index contributed by atoms with van der Waals surface area (Å²) < 4.78 is 24.2. The number of sulfone groups is 1. The number of benzene rings is 2. The second kappa shape index (κ2) is 11.2. The van der Waals surface area contributed by atoms with Crippen LogP contribution in [0.2, 0.25) is 0 Å². The van der Waals surface area contributed by atoms with Crippen molar-refractivity contribution in [2.24, 2.45) is 10.7 Å². The maximum atomic E-state index is 12.1. The van der Waals surface area contributed by atoms with Crippen LogP contribution in [-0.2, 0) is 22.0 Å². The highest BCUT2D eigenvalue weighted by atomic mass is 127. The minimum absolute atomic E-state index is 0. The van der Waals surface area contributed by atoms with Gasteiger partial charge >= 0.3 is 0 Å². The Morgan fingerprint density at radius 3 is 2.31 bits per heavy atom. The summed E-state index contributed by atoms with van der Waals surface area (Å²) in [7, 11) is -3.13. The van der Waals surface area contributed by atoms with Crippen molar-refractivity contribution in [1.29, 1.82) is 0 Å². The molecule has 0 spiro atoms. The van der Waals surface area contributed by atoms with Crippen LogP contribution in [0.4, 0.5) is 5.69 Å². The highest BCUT2D eigenvalue weighted by Gasteiger charge is 2.11. The second-order valence-electron chi connectivity index (χ2n) is 5.87. The average molecular weight is 487 g/mol. The van der Waals surface area contributed by atoms with Crippen LogP contribution in [0, 0.1) is 0 Å². The molecule has 0 saturated heterocycles. The molecule has 2 rings (SSSR count). The fourth-order valence-electron chi connectivity index (χ4n) is 2.40. The van der Waals surface area contributed by atoms with Gasteiger partial charge in [-0.2, -0.15) is 0 Å². The topological polar surface area (TPSA) is 84.5 Å². The van der Waals surface area contributed by atoms with Gasteiger partial charge in [-0.15, -0.1) is 24.0 Å². The van der Waals surface area contributed by atoms with Gasteiger partial charge in [0.1, 0.15) is 0 Å². The Morgan fingerprint density at radius 1 is 1.04 bits per heavy atom. The number of nitrogens with one attached hydrogen (secondary N) is 1. The van der Waals surface area contributed by atoms with Crippen LogP contribution in [-0.4, -0.2) is 26.7 Å². The third-order valence-electron chi connectivity index (χ3n) is 3.76. The minimum Gasteiger partial charge on any atom is -0.370 e. The maximum Gasteiger partial charge on any atom is 0.193 e. The quantitative estimate of drug-likeness (QED) is 0.258. The molecule has 0 aliphatic carbocycles. The molecular weight excluding hydrogens is 461 g/mol. The number of halogens is 1. The van der Waals surface area contributed by atoms with Gasteiger partial charge in [-0.1, -0.05) is 49.4 Å². The zero-order valence-electron chi connectivity index (χ0n) is 14.9. The fraction of sp³-hybridized carbons (Fsp3) is 0.316. The van der Waals surface area contributed by atoms with E-state index >= 15 is 0 Å². The van der Waals surface area contributed by atoms with Crippen molar-refractivity contribution >= 4 is 45.5 Å². The summed E-state index contributed by atoms with van der Waals surface area (Å²) in [6, 6.07) is 17.2. The molecule has 0 amide bonds. The molecule has 0 bridgehead atoms. The third kappa shape index (κ3) is 8.18. The van der Waals surface area contributed by atoms with E-state index in [2.05, 4.69) is 17.2 Å². The normalized spacial score (nSPS) is 11.7. The number of aryl methyl sites for hydroxylation is 1. The van der Waals surface area contributed by atoms with Crippen LogP contribution in [0.1, 0.15) is 24.5 Å². The smallest absolute Gasteiger partial charge is 0.193 e. The molecule has 2 aromatic carbocycles. The summed E-state index contributed by atoms with van der Waals surface area (Å²) in [4.78, 5) is 4.19. The van der Waals surface area contributed by atoms with Crippen molar-refractivity contribution in [2.75, 3.05) is 17.6 Å². The van der Waals surface area contributed by atoms with E-state index in [0.29, 0.717) is 18.9 Å². The Morgan fingerprint density at radius 2 is 1.69 bits per heavy atom. The number of hydrogen-bond acceptors (Lipinski definition) is 3. The van der Waals surface area contributed by atoms with Crippen molar-refractivity contribution < 1.29 is 8.42 Å². The number of anilines is 1. The first-order valence-electron chi connectivity index (χ1n) is 8.39. The molecule has 0 aromatic heterocycles. The second-order valence-corrected chi connectivity index (χ2v) is 8.06. The van der Waals surface area contributed by atoms with Gasteiger partial charge in [-0.05, 0) is 36.1 Å². The van der Waals surface area contributed by atoms with Crippen LogP contribution in [0.3, 0.4) is 0 Å². The Bertz CT molecular complexity index is 791. The highest BCUT2D eigenvalue weighted by Crippen LogP contribution is 2.10. The lowest BCUT2D eigenvalue weighted by Gasteiger charge is -2.07. The molecule has 26 heavy (non-hydrogen) atoms. The van der Waals surface area contributed by atoms with Crippen molar-refractivity contribution in [3.8, 4) is 0 Å². The van der Waals surface area contributed by atoms with E-state index in [-0.39, 0.29) is 35.5 Å². The number of nitrogens with two attached hydrogens (primary N) is 1. The fourth-order valence-corrected chi connectivity index (χ4v) is 3.81. The van der Waals surface area contributed by atoms with Gasteiger partial charge in [-0.25, -0.2) is 8.42 Å². The van der Waals surface area contributed by atoms with E-state index in [1.165, 1.54) is 5.56 Å². The van der Waals surface area contributed by atoms with Crippen LogP contribution >= 0.6 is 24.0 Å². The number of aliphatic imine (C=N–C) groups is 1. The van der Waals surface area contributed by atoms with Gasteiger partial charge < -0.3 is 11.1 Å². The van der Waals surface area contributed by atoms with E-state index in [4.69, 9.17) is 5.73 Å². The first kappa shape index (κ1) is 22.4. The number of rotatable bonds is 8. The van der Waals surface area contributed by atoms with Gasteiger partial charge in [-0.3, -0.25) is 4.99 Å². The molecule has 0 saturated carbocycles. The van der Waals surface area contributed by atoms with E-state index in [0.717, 1.165) is 17.7 Å². The van der Waals surface area contributed by atoms with Gasteiger partial charge in [0.25, 0.3) is 0 Å². The summed E-state index contributed by atoms with van der Waals surface area (Å²) >= 11 is 0. The molecule has 0 heterocycles. The standard InChI is InChI=1S/C19H25N3O2S.HI/c1-2-16-9-11-18(12-10-16)22-19(20)21-13-6-14-25(23,24)15-17-7-4-3-5-8-17;/h3-5,7-12H,2,6,13-15H2,1H3,(H3,20,21,22);1H. The van der Waals surface area contributed by atoms with Crippen molar-refractivity contribution in [3.63, 3.8) is 0 Å². The number of guanidine groups is 1. The summed E-state index contributed by atoms with van der Waals surface area (Å²) in [6.07, 6.45) is 1.44. The molecule has 3 N–H and O–H groups in total. The zero-order valence-corrected chi connectivity index (χ0v) is 18.0. The molecule has 2 aromatic rings. The van der Waals surface area contributed by atoms with Gasteiger partial charge in [0.15, 0.2) is 15.8 Å². The lowest BCUT2D eigenvalue weighted by atomic mass is 10.1. The van der Waals surface area contributed by atoms with Crippen LogP contribution in [0.5, 0.6) is 0 Å². The van der Waals surface area contributed by atoms with E-state index in [1.807, 2.05) is 54.6 Å². The first-order chi connectivity index (χ1) is 12.0. The maximum absolute atomic E-state index is 12.1. The molecule has 5 nitrogen and oxygen atoms in total. The Labute approximate surface area is 173 Å². The van der Waals surface area contributed by atoms with Crippen LogP contribution in [0.15, 0.2) is 59.6 Å². The van der Waals surface area contributed by atoms with Gasteiger partial charge in [0.2, 0.25) is 0 Å². The molecule has 0 atom stereocenters. The molecule has 0 aliphatic rings. The molecular formula is C19H26IN3O2S. The Kier molecular flexibility index (Phi) is 9.64. The number of nitrogens with zero attached hydrogens (tertiary/aromatic N) is 1. The SMILES string of the molecule is CCc1ccc(NC(N)=NCCCS(=O)(=O)Cc2ccccc2)cc1.I. The van der Waals surface area contributed by atoms with E-state index in [9.17, 15) is 8.42 Å². The lowest BCUT2D eigenvalue weighted by Crippen LogP contribution is -2.23. The summed E-state index contributed by atoms with van der Waals surface area (Å²) in [5.74, 6) is 0.462. The predicted molar refractivity (Wildman–Crippen MR) is 120 cm³/mol.